The Labute approximate surface area is 169 Å². The summed E-state index contributed by atoms with van der Waals surface area (Å²) >= 11 is 1.31. The van der Waals surface area contributed by atoms with Gasteiger partial charge in [0.15, 0.2) is 0 Å². The molecule has 0 aliphatic heterocycles. The Balaban J connectivity index is 2.30. The summed E-state index contributed by atoms with van der Waals surface area (Å²) in [7, 11) is 0. The van der Waals surface area contributed by atoms with E-state index in [0.717, 1.165) is 37.0 Å². The minimum absolute atomic E-state index is 0.325. The van der Waals surface area contributed by atoms with E-state index in [1.165, 1.54) is 17.4 Å². The molecule has 1 aromatic carbocycles. The first kappa shape index (κ1) is 21.5. The summed E-state index contributed by atoms with van der Waals surface area (Å²) in [5.74, 6) is 0.179. The fourth-order valence-corrected chi connectivity index (χ4v) is 3.20. The van der Waals surface area contributed by atoms with Crippen LogP contribution in [0.2, 0.25) is 0 Å². The number of carbonyl (C=O) groups is 1. The van der Waals surface area contributed by atoms with Crippen molar-refractivity contribution in [3.05, 3.63) is 34.8 Å². The molecule has 0 bridgehead atoms. The van der Waals surface area contributed by atoms with Crippen LogP contribution in [-0.4, -0.2) is 29.3 Å². The average molecular weight is 401 g/mol. The van der Waals surface area contributed by atoms with Crippen LogP contribution in [0.5, 0.6) is 11.5 Å². The van der Waals surface area contributed by atoms with Gasteiger partial charge in [0.05, 0.1) is 18.8 Å². The largest absolute Gasteiger partial charge is 0.493 e. The molecule has 0 amide bonds. The lowest BCUT2D eigenvalue weighted by atomic mass is 10.2. The molecule has 0 spiro atoms. The molecule has 6 nitrogen and oxygen atoms in total. The standard InChI is InChI=1S/C21H24N2O4S/c1-3-5-9-26-16-7-8-18(19(12-16)27-10-6-4-2)20-23-14-17(28-20)11-15(13-22)21(24)25/h7-8,11-12,14H,3-6,9-10H2,1-2H3,(H,24,25)/b15-11-. The van der Waals surface area contributed by atoms with Gasteiger partial charge in [-0.2, -0.15) is 5.26 Å². The minimum Gasteiger partial charge on any atom is -0.493 e. The molecule has 0 radical (unpaired) electrons. The second kappa shape index (κ2) is 11.1. The number of benzene rings is 1. The maximum absolute atomic E-state index is 11.0. The molecule has 0 fully saturated rings. The Morgan fingerprint density at radius 2 is 1.96 bits per heavy atom. The van der Waals surface area contributed by atoms with Gasteiger partial charge in [-0.25, -0.2) is 9.78 Å². The van der Waals surface area contributed by atoms with E-state index in [2.05, 4.69) is 18.8 Å². The van der Waals surface area contributed by atoms with Crippen molar-refractivity contribution in [1.29, 1.82) is 5.26 Å². The Morgan fingerprint density at radius 3 is 2.61 bits per heavy atom. The Hall–Kier alpha value is -2.85. The Morgan fingerprint density at radius 1 is 1.25 bits per heavy atom. The van der Waals surface area contributed by atoms with Gasteiger partial charge in [0.25, 0.3) is 0 Å². The molecule has 0 saturated heterocycles. The summed E-state index contributed by atoms with van der Waals surface area (Å²) in [6.45, 7) is 5.46. The number of nitriles is 1. The minimum atomic E-state index is -1.25. The maximum Gasteiger partial charge on any atom is 0.346 e. The third-order valence-corrected chi connectivity index (χ3v) is 4.84. The van der Waals surface area contributed by atoms with Crippen LogP contribution in [0.3, 0.4) is 0 Å². The van der Waals surface area contributed by atoms with Crippen LogP contribution in [0.1, 0.15) is 44.4 Å². The third kappa shape index (κ3) is 6.10. The smallest absolute Gasteiger partial charge is 0.346 e. The number of rotatable bonds is 11. The number of ether oxygens (including phenoxy) is 2. The summed E-state index contributed by atoms with van der Waals surface area (Å²) in [6.07, 6.45) is 6.90. The van der Waals surface area contributed by atoms with E-state index >= 15 is 0 Å². The van der Waals surface area contributed by atoms with Gasteiger partial charge in [0, 0.05) is 17.1 Å². The molecule has 0 aliphatic rings. The molecule has 148 valence electrons. The van der Waals surface area contributed by atoms with Crippen molar-refractivity contribution >= 4 is 23.4 Å². The van der Waals surface area contributed by atoms with Crippen molar-refractivity contribution in [1.82, 2.24) is 4.98 Å². The molecule has 1 aromatic heterocycles. The van der Waals surface area contributed by atoms with E-state index in [0.29, 0.717) is 28.8 Å². The van der Waals surface area contributed by atoms with E-state index in [9.17, 15) is 4.79 Å². The summed E-state index contributed by atoms with van der Waals surface area (Å²) in [6, 6.07) is 7.33. The summed E-state index contributed by atoms with van der Waals surface area (Å²) < 4.78 is 11.7. The predicted octanol–water partition coefficient (Wildman–Crippen LogP) is 5.16. The monoisotopic (exact) mass is 400 g/mol. The number of aromatic nitrogens is 1. The molecule has 2 aromatic rings. The zero-order chi connectivity index (χ0) is 20.4. The topological polar surface area (TPSA) is 92.4 Å². The van der Waals surface area contributed by atoms with Gasteiger partial charge in [-0.05, 0) is 31.1 Å². The number of carboxylic acid groups (broad SMARTS) is 1. The normalized spacial score (nSPS) is 11.1. The lowest BCUT2D eigenvalue weighted by Gasteiger charge is -2.12. The number of nitrogens with zero attached hydrogens (tertiary/aromatic N) is 2. The van der Waals surface area contributed by atoms with Gasteiger partial charge in [-0.15, -0.1) is 11.3 Å². The van der Waals surface area contributed by atoms with Crippen LogP contribution < -0.4 is 9.47 Å². The highest BCUT2D eigenvalue weighted by molar-refractivity contribution is 7.15. The zero-order valence-electron chi connectivity index (χ0n) is 16.1. The van der Waals surface area contributed by atoms with Crippen LogP contribution in [0.25, 0.3) is 16.6 Å². The van der Waals surface area contributed by atoms with Crippen molar-refractivity contribution < 1.29 is 19.4 Å². The van der Waals surface area contributed by atoms with Crippen molar-refractivity contribution in [2.45, 2.75) is 39.5 Å². The van der Waals surface area contributed by atoms with Gasteiger partial charge < -0.3 is 14.6 Å². The van der Waals surface area contributed by atoms with Crippen LogP contribution in [-0.2, 0) is 4.79 Å². The molecule has 28 heavy (non-hydrogen) atoms. The molecule has 2 rings (SSSR count). The van der Waals surface area contributed by atoms with E-state index in [1.54, 1.807) is 12.3 Å². The average Bonchev–Trinajstić information content (AvgIpc) is 3.15. The molecule has 0 atom stereocenters. The molecular formula is C21H24N2O4S. The predicted molar refractivity (Wildman–Crippen MR) is 110 cm³/mol. The quantitative estimate of drug-likeness (QED) is 0.318. The highest BCUT2D eigenvalue weighted by Crippen LogP contribution is 2.36. The molecule has 0 saturated carbocycles. The molecule has 0 aliphatic carbocycles. The summed E-state index contributed by atoms with van der Waals surface area (Å²) in [4.78, 5) is 16.0. The third-order valence-electron chi connectivity index (χ3n) is 3.87. The number of hydrogen-bond donors (Lipinski definition) is 1. The maximum atomic E-state index is 11.0. The number of hydrogen-bond acceptors (Lipinski definition) is 6. The Kier molecular flexibility index (Phi) is 8.50. The zero-order valence-corrected chi connectivity index (χ0v) is 16.9. The van der Waals surface area contributed by atoms with Gasteiger partial charge >= 0.3 is 5.97 Å². The van der Waals surface area contributed by atoms with E-state index in [1.807, 2.05) is 18.2 Å². The van der Waals surface area contributed by atoms with Crippen LogP contribution in [0.15, 0.2) is 30.0 Å². The second-order valence-electron chi connectivity index (χ2n) is 6.10. The van der Waals surface area contributed by atoms with Crippen molar-refractivity contribution in [2.24, 2.45) is 0 Å². The summed E-state index contributed by atoms with van der Waals surface area (Å²) in [5.41, 5.74) is 0.492. The highest BCUT2D eigenvalue weighted by atomic mass is 32.1. The first-order valence-electron chi connectivity index (χ1n) is 9.30. The lowest BCUT2D eigenvalue weighted by Crippen LogP contribution is -2.00. The fraction of sp³-hybridized carbons (Fsp3) is 0.381. The number of thiazole rings is 1. The van der Waals surface area contributed by atoms with Crippen molar-refractivity contribution in [3.63, 3.8) is 0 Å². The van der Waals surface area contributed by atoms with E-state index in [-0.39, 0.29) is 5.57 Å². The SMILES string of the molecule is CCCCOc1ccc(-c2ncc(/C=C(/C#N)C(=O)O)s2)c(OCCCC)c1. The van der Waals surface area contributed by atoms with Gasteiger partial charge in [0.1, 0.15) is 28.1 Å². The molecule has 1 N–H and O–H groups in total. The lowest BCUT2D eigenvalue weighted by molar-refractivity contribution is -0.132. The number of carboxylic acids is 1. The highest BCUT2D eigenvalue weighted by Gasteiger charge is 2.14. The van der Waals surface area contributed by atoms with Gasteiger partial charge in [0.2, 0.25) is 0 Å². The summed E-state index contributed by atoms with van der Waals surface area (Å²) in [5, 5.41) is 18.6. The van der Waals surface area contributed by atoms with Crippen molar-refractivity contribution in [2.75, 3.05) is 13.2 Å². The van der Waals surface area contributed by atoms with Crippen LogP contribution >= 0.6 is 11.3 Å². The molecule has 0 unspecified atom stereocenters. The van der Waals surface area contributed by atoms with Gasteiger partial charge in [-0.1, -0.05) is 26.7 Å². The van der Waals surface area contributed by atoms with Crippen LogP contribution in [0, 0.1) is 11.3 Å². The van der Waals surface area contributed by atoms with Gasteiger partial charge in [-0.3, -0.25) is 0 Å². The van der Waals surface area contributed by atoms with Crippen molar-refractivity contribution in [3.8, 4) is 28.1 Å². The van der Waals surface area contributed by atoms with Crippen LogP contribution in [0.4, 0.5) is 0 Å². The number of aliphatic carboxylic acids is 1. The second-order valence-corrected chi connectivity index (χ2v) is 7.17. The molecule has 7 heteroatoms. The number of unbranched alkanes of at least 4 members (excludes halogenated alkanes) is 2. The fourth-order valence-electron chi connectivity index (χ4n) is 2.31. The van der Waals surface area contributed by atoms with E-state index in [4.69, 9.17) is 19.8 Å². The van der Waals surface area contributed by atoms with E-state index < -0.39 is 5.97 Å². The molecular weight excluding hydrogens is 376 g/mol. The molecule has 1 heterocycles. The Bertz CT molecular complexity index is 868. The first-order chi connectivity index (χ1) is 13.6. The first-order valence-corrected chi connectivity index (χ1v) is 10.1.